The molecule has 2 aromatic heterocycles. The molecule has 1 aromatic carbocycles. The topological polar surface area (TPSA) is 42.0 Å². The Morgan fingerprint density at radius 3 is 2.89 bits per heavy atom. The number of carbonyl (C=O) groups excluding carboxylic acids is 1. The lowest BCUT2D eigenvalue weighted by Gasteiger charge is -2.06. The van der Waals surface area contributed by atoms with Gasteiger partial charge in [-0.3, -0.25) is 9.78 Å². The van der Waals surface area contributed by atoms with Crippen LogP contribution in [0, 0.1) is 0 Å². The molecule has 0 unspecified atom stereocenters. The van der Waals surface area contributed by atoms with E-state index in [2.05, 4.69) is 10.3 Å². The summed E-state index contributed by atoms with van der Waals surface area (Å²) in [6, 6.07) is 13.5. The van der Waals surface area contributed by atoms with Crippen molar-refractivity contribution in [3.8, 4) is 0 Å². The van der Waals surface area contributed by atoms with Crippen LogP contribution in [-0.2, 0) is 6.54 Å². The third-order valence-corrected chi connectivity index (χ3v) is 3.76. The molecule has 2 heterocycles. The van der Waals surface area contributed by atoms with E-state index in [1.807, 2.05) is 41.8 Å². The molecular weight excluding hydrogens is 256 g/mol. The summed E-state index contributed by atoms with van der Waals surface area (Å²) in [7, 11) is 0. The molecule has 0 saturated carbocycles. The Hall–Kier alpha value is -2.20. The van der Waals surface area contributed by atoms with E-state index in [9.17, 15) is 4.79 Å². The fourth-order valence-corrected chi connectivity index (χ4v) is 2.61. The highest BCUT2D eigenvalue weighted by Crippen LogP contribution is 2.16. The molecule has 0 fully saturated rings. The summed E-state index contributed by atoms with van der Waals surface area (Å²) in [4.78, 5) is 17.6. The number of pyridine rings is 1. The fourth-order valence-electron chi connectivity index (χ4n) is 1.96. The van der Waals surface area contributed by atoms with Crippen LogP contribution >= 0.6 is 11.3 Å². The second-order valence-electron chi connectivity index (χ2n) is 4.14. The summed E-state index contributed by atoms with van der Waals surface area (Å²) in [6.45, 7) is 0.555. The van der Waals surface area contributed by atoms with Crippen molar-refractivity contribution in [2.75, 3.05) is 0 Å². The van der Waals surface area contributed by atoms with Crippen LogP contribution in [0.4, 0.5) is 0 Å². The molecule has 1 N–H and O–H groups in total. The molecule has 94 valence electrons. The van der Waals surface area contributed by atoms with Crippen LogP contribution in [-0.4, -0.2) is 10.9 Å². The van der Waals surface area contributed by atoms with E-state index < -0.39 is 0 Å². The van der Waals surface area contributed by atoms with Gasteiger partial charge in [0.15, 0.2) is 0 Å². The van der Waals surface area contributed by atoms with E-state index in [4.69, 9.17) is 0 Å². The van der Waals surface area contributed by atoms with Crippen LogP contribution in [0.15, 0.2) is 54.0 Å². The van der Waals surface area contributed by atoms with Gasteiger partial charge in [0.25, 0.3) is 5.91 Å². The van der Waals surface area contributed by atoms with Crippen LogP contribution in [0.2, 0.25) is 0 Å². The fraction of sp³-hybridized carbons (Fsp3) is 0.0667. The minimum atomic E-state index is -0.0855. The molecule has 3 rings (SSSR count). The maximum Gasteiger partial charge on any atom is 0.253 e. The number of benzene rings is 1. The Labute approximate surface area is 114 Å². The summed E-state index contributed by atoms with van der Waals surface area (Å²) in [5.74, 6) is -0.0855. The summed E-state index contributed by atoms with van der Waals surface area (Å²) >= 11 is 1.63. The van der Waals surface area contributed by atoms with Crippen LogP contribution < -0.4 is 5.32 Å². The largest absolute Gasteiger partial charge is 0.347 e. The third kappa shape index (κ3) is 2.48. The number of hydrogen-bond acceptors (Lipinski definition) is 3. The van der Waals surface area contributed by atoms with Gasteiger partial charge in [0.1, 0.15) is 0 Å². The standard InChI is InChI=1S/C15H12N2OS/c18-15(17-10-12-6-3-9-19-12)13-7-1-4-11-5-2-8-16-14(11)13/h1-9H,10H2,(H,17,18). The van der Waals surface area contributed by atoms with Crippen molar-refractivity contribution < 1.29 is 4.79 Å². The third-order valence-electron chi connectivity index (χ3n) is 2.88. The first-order chi connectivity index (χ1) is 9.34. The highest BCUT2D eigenvalue weighted by molar-refractivity contribution is 7.09. The van der Waals surface area contributed by atoms with Gasteiger partial charge in [-0.05, 0) is 23.6 Å². The first-order valence-corrected chi connectivity index (χ1v) is 6.87. The maximum atomic E-state index is 12.2. The zero-order valence-electron chi connectivity index (χ0n) is 10.2. The molecular formula is C15H12N2OS. The quantitative estimate of drug-likeness (QED) is 0.792. The number of amides is 1. The number of para-hydroxylation sites is 1. The molecule has 3 aromatic rings. The number of rotatable bonds is 3. The minimum absolute atomic E-state index is 0.0855. The first kappa shape index (κ1) is 11.9. The Balaban J connectivity index is 1.85. The van der Waals surface area contributed by atoms with Crippen LogP contribution in [0.1, 0.15) is 15.2 Å². The Morgan fingerprint density at radius 2 is 2.05 bits per heavy atom. The molecule has 0 aliphatic rings. The average Bonchev–Trinajstić information content (AvgIpc) is 2.97. The van der Waals surface area contributed by atoms with Gasteiger partial charge in [-0.25, -0.2) is 0 Å². The highest BCUT2D eigenvalue weighted by Gasteiger charge is 2.10. The zero-order valence-corrected chi connectivity index (χ0v) is 11.0. The molecule has 0 spiro atoms. The lowest BCUT2D eigenvalue weighted by Crippen LogP contribution is -2.22. The predicted octanol–water partition coefficient (Wildman–Crippen LogP) is 3.23. The van der Waals surface area contributed by atoms with Crippen LogP contribution in [0.25, 0.3) is 10.9 Å². The summed E-state index contributed by atoms with van der Waals surface area (Å²) < 4.78 is 0. The Bertz CT molecular complexity index is 702. The SMILES string of the molecule is O=C(NCc1cccs1)c1cccc2cccnc12. The van der Waals surface area contributed by atoms with E-state index in [0.29, 0.717) is 12.1 Å². The number of hydrogen-bond donors (Lipinski definition) is 1. The summed E-state index contributed by atoms with van der Waals surface area (Å²) in [5, 5.41) is 5.90. The molecule has 0 saturated heterocycles. The van der Waals surface area contributed by atoms with Gasteiger partial charge in [-0.15, -0.1) is 11.3 Å². The average molecular weight is 268 g/mol. The number of nitrogens with one attached hydrogen (secondary N) is 1. The van der Waals surface area contributed by atoms with Crippen molar-refractivity contribution in [3.63, 3.8) is 0 Å². The zero-order chi connectivity index (χ0) is 13.1. The van der Waals surface area contributed by atoms with Crippen LogP contribution in [0.3, 0.4) is 0 Å². The maximum absolute atomic E-state index is 12.2. The predicted molar refractivity (Wildman–Crippen MR) is 77.2 cm³/mol. The number of aromatic nitrogens is 1. The molecule has 1 amide bonds. The Morgan fingerprint density at radius 1 is 1.16 bits per heavy atom. The van der Waals surface area contributed by atoms with Gasteiger partial charge in [0.2, 0.25) is 0 Å². The molecule has 19 heavy (non-hydrogen) atoms. The van der Waals surface area contributed by atoms with E-state index in [1.165, 1.54) is 0 Å². The van der Waals surface area contributed by atoms with Gasteiger partial charge in [-0.2, -0.15) is 0 Å². The normalized spacial score (nSPS) is 10.5. The molecule has 0 bridgehead atoms. The number of fused-ring (bicyclic) bond motifs is 1. The molecule has 0 aliphatic heterocycles. The van der Waals surface area contributed by atoms with E-state index in [0.717, 1.165) is 15.8 Å². The van der Waals surface area contributed by atoms with E-state index in [1.54, 1.807) is 23.6 Å². The molecule has 0 atom stereocenters. The van der Waals surface area contributed by atoms with Gasteiger partial charge in [0, 0.05) is 16.5 Å². The lowest BCUT2D eigenvalue weighted by molar-refractivity contribution is 0.0953. The van der Waals surface area contributed by atoms with Gasteiger partial charge < -0.3 is 5.32 Å². The number of nitrogens with zero attached hydrogens (tertiary/aromatic N) is 1. The van der Waals surface area contributed by atoms with Crippen molar-refractivity contribution in [1.82, 2.24) is 10.3 Å². The molecule has 0 radical (unpaired) electrons. The monoisotopic (exact) mass is 268 g/mol. The first-order valence-electron chi connectivity index (χ1n) is 5.99. The van der Waals surface area contributed by atoms with Gasteiger partial charge >= 0.3 is 0 Å². The van der Waals surface area contributed by atoms with Crippen molar-refractivity contribution in [2.45, 2.75) is 6.54 Å². The second kappa shape index (κ2) is 5.20. The number of carbonyl (C=O) groups is 1. The van der Waals surface area contributed by atoms with Gasteiger partial charge in [-0.1, -0.05) is 24.3 Å². The van der Waals surface area contributed by atoms with Gasteiger partial charge in [0.05, 0.1) is 17.6 Å². The van der Waals surface area contributed by atoms with E-state index in [-0.39, 0.29) is 5.91 Å². The molecule has 4 heteroatoms. The van der Waals surface area contributed by atoms with Crippen molar-refractivity contribution in [1.29, 1.82) is 0 Å². The van der Waals surface area contributed by atoms with Crippen molar-refractivity contribution >= 4 is 28.1 Å². The molecule has 0 aliphatic carbocycles. The highest BCUT2D eigenvalue weighted by atomic mass is 32.1. The number of thiophene rings is 1. The second-order valence-corrected chi connectivity index (χ2v) is 5.17. The van der Waals surface area contributed by atoms with Crippen LogP contribution in [0.5, 0.6) is 0 Å². The Kier molecular flexibility index (Phi) is 3.25. The van der Waals surface area contributed by atoms with Crippen molar-refractivity contribution in [3.05, 3.63) is 64.5 Å². The lowest BCUT2D eigenvalue weighted by atomic mass is 10.1. The minimum Gasteiger partial charge on any atom is -0.347 e. The van der Waals surface area contributed by atoms with E-state index >= 15 is 0 Å². The summed E-state index contributed by atoms with van der Waals surface area (Å²) in [5.41, 5.74) is 1.36. The molecule has 3 nitrogen and oxygen atoms in total. The van der Waals surface area contributed by atoms with Crippen molar-refractivity contribution in [2.24, 2.45) is 0 Å². The smallest absolute Gasteiger partial charge is 0.253 e. The summed E-state index contributed by atoms with van der Waals surface area (Å²) in [6.07, 6.45) is 1.71.